The van der Waals surface area contributed by atoms with Gasteiger partial charge in [0, 0.05) is 25.2 Å². The van der Waals surface area contributed by atoms with Crippen molar-refractivity contribution in [3.8, 4) is 5.75 Å². The lowest BCUT2D eigenvalue weighted by Crippen LogP contribution is -2.45. The fourth-order valence-electron chi connectivity index (χ4n) is 3.45. The molecule has 166 valence electrons. The lowest BCUT2D eigenvalue weighted by Gasteiger charge is -2.31. The van der Waals surface area contributed by atoms with Gasteiger partial charge in [0.15, 0.2) is 0 Å². The Labute approximate surface area is 183 Å². The highest BCUT2D eigenvalue weighted by Gasteiger charge is 2.20. The van der Waals surface area contributed by atoms with E-state index in [1.54, 1.807) is 24.3 Å². The van der Waals surface area contributed by atoms with E-state index in [9.17, 15) is 9.59 Å². The number of benzene rings is 2. The molecule has 0 saturated carbocycles. The van der Waals surface area contributed by atoms with Gasteiger partial charge >= 0.3 is 0 Å². The summed E-state index contributed by atoms with van der Waals surface area (Å²) in [6.45, 7) is 8.21. The summed E-state index contributed by atoms with van der Waals surface area (Å²) < 4.78 is 10.8. The Kier molecular flexibility index (Phi) is 8.44. The van der Waals surface area contributed by atoms with Crippen molar-refractivity contribution in [2.24, 2.45) is 0 Å². The molecule has 3 rings (SSSR count). The average Bonchev–Trinajstić information content (AvgIpc) is 2.79. The van der Waals surface area contributed by atoms with Gasteiger partial charge in [-0.05, 0) is 43.7 Å². The van der Waals surface area contributed by atoms with Gasteiger partial charge in [-0.15, -0.1) is 0 Å². The molecule has 1 fully saturated rings. The summed E-state index contributed by atoms with van der Waals surface area (Å²) in [5.74, 6) is 0.192. The molecule has 7 nitrogen and oxygen atoms in total. The molecule has 0 radical (unpaired) electrons. The third-order valence-corrected chi connectivity index (χ3v) is 5.20. The first kappa shape index (κ1) is 22.8. The highest BCUT2D eigenvalue weighted by Crippen LogP contribution is 2.16. The Bertz CT molecular complexity index is 846. The molecular formula is C24H31N3O4. The molecule has 2 amide bonds. The topological polar surface area (TPSA) is 79.9 Å². The van der Waals surface area contributed by atoms with Crippen molar-refractivity contribution in [1.82, 2.24) is 15.5 Å². The number of carbonyl (C=O) groups is 2. The van der Waals surface area contributed by atoms with Crippen LogP contribution in [0.15, 0.2) is 48.5 Å². The first-order valence-corrected chi connectivity index (χ1v) is 10.7. The van der Waals surface area contributed by atoms with Gasteiger partial charge in [-0.2, -0.15) is 0 Å². The molecule has 1 atom stereocenters. The highest BCUT2D eigenvalue weighted by molar-refractivity contribution is 5.96. The molecule has 0 unspecified atom stereocenters. The van der Waals surface area contributed by atoms with Crippen molar-refractivity contribution in [3.05, 3.63) is 65.2 Å². The zero-order valence-electron chi connectivity index (χ0n) is 18.2. The van der Waals surface area contributed by atoms with E-state index in [0.29, 0.717) is 37.7 Å². The standard InChI is InChI=1S/C24H31N3O4/c1-3-31-21-10-8-20(9-11-21)24(29)25-16-23(28)26-22(17-27-12-14-30-15-13-27)19-6-4-18(2)5-7-19/h4-11,22H,3,12-17H2,1-2H3,(H,25,29)(H,26,28)/t22-/m0/s1. The second kappa shape index (κ2) is 11.5. The summed E-state index contributed by atoms with van der Waals surface area (Å²) in [5.41, 5.74) is 2.70. The maximum absolute atomic E-state index is 12.6. The minimum Gasteiger partial charge on any atom is -0.494 e. The first-order chi connectivity index (χ1) is 15.0. The van der Waals surface area contributed by atoms with E-state index in [1.807, 2.05) is 38.1 Å². The van der Waals surface area contributed by atoms with Crippen LogP contribution in [0.3, 0.4) is 0 Å². The first-order valence-electron chi connectivity index (χ1n) is 10.7. The van der Waals surface area contributed by atoms with Crippen LogP contribution in [0.1, 0.15) is 34.5 Å². The van der Waals surface area contributed by atoms with E-state index in [1.165, 1.54) is 5.56 Å². The van der Waals surface area contributed by atoms with E-state index in [-0.39, 0.29) is 24.4 Å². The summed E-state index contributed by atoms with van der Waals surface area (Å²) in [6, 6.07) is 14.9. The van der Waals surface area contributed by atoms with E-state index >= 15 is 0 Å². The smallest absolute Gasteiger partial charge is 0.251 e. The third-order valence-electron chi connectivity index (χ3n) is 5.20. The molecule has 0 aromatic heterocycles. The van der Waals surface area contributed by atoms with Crippen LogP contribution in [0.5, 0.6) is 5.75 Å². The number of nitrogens with zero attached hydrogens (tertiary/aromatic N) is 1. The zero-order valence-corrected chi connectivity index (χ0v) is 18.2. The number of hydrogen-bond acceptors (Lipinski definition) is 5. The Morgan fingerprint density at radius 2 is 1.74 bits per heavy atom. The van der Waals surface area contributed by atoms with Crippen molar-refractivity contribution in [1.29, 1.82) is 0 Å². The minimum absolute atomic E-state index is 0.0858. The van der Waals surface area contributed by atoms with Gasteiger partial charge in [0.2, 0.25) is 5.91 Å². The van der Waals surface area contributed by atoms with Crippen molar-refractivity contribution in [2.45, 2.75) is 19.9 Å². The number of aryl methyl sites for hydroxylation is 1. The Balaban J connectivity index is 1.57. The molecule has 2 aromatic rings. The summed E-state index contributed by atoms with van der Waals surface area (Å²) in [4.78, 5) is 27.3. The Morgan fingerprint density at radius 1 is 1.06 bits per heavy atom. The van der Waals surface area contributed by atoms with Crippen LogP contribution in [0.4, 0.5) is 0 Å². The van der Waals surface area contributed by atoms with E-state index < -0.39 is 0 Å². The van der Waals surface area contributed by atoms with E-state index in [0.717, 1.165) is 18.7 Å². The number of rotatable bonds is 9. The van der Waals surface area contributed by atoms with Gasteiger partial charge in [-0.1, -0.05) is 29.8 Å². The quantitative estimate of drug-likeness (QED) is 0.645. The molecule has 2 N–H and O–H groups in total. The summed E-state index contributed by atoms with van der Waals surface area (Å²) in [7, 11) is 0. The van der Waals surface area contributed by atoms with Gasteiger partial charge in [0.25, 0.3) is 5.91 Å². The highest BCUT2D eigenvalue weighted by atomic mass is 16.5. The molecule has 1 aliphatic rings. The van der Waals surface area contributed by atoms with Crippen LogP contribution in [0, 0.1) is 6.92 Å². The normalized spacial score (nSPS) is 15.2. The van der Waals surface area contributed by atoms with Gasteiger partial charge in [-0.25, -0.2) is 0 Å². The number of morpholine rings is 1. The van der Waals surface area contributed by atoms with Crippen LogP contribution in [-0.4, -0.2) is 62.7 Å². The number of ether oxygens (including phenoxy) is 2. The maximum atomic E-state index is 12.6. The van der Waals surface area contributed by atoms with E-state index in [2.05, 4.69) is 15.5 Å². The van der Waals surface area contributed by atoms with Gasteiger partial charge in [-0.3, -0.25) is 14.5 Å². The van der Waals surface area contributed by atoms with Crippen LogP contribution < -0.4 is 15.4 Å². The molecule has 7 heteroatoms. The molecule has 0 spiro atoms. The SMILES string of the molecule is CCOc1ccc(C(=O)NCC(=O)N[C@@H](CN2CCOCC2)c2ccc(C)cc2)cc1. The summed E-state index contributed by atoms with van der Waals surface area (Å²) in [5, 5.41) is 5.77. The van der Waals surface area contributed by atoms with Gasteiger partial charge in [0.1, 0.15) is 5.75 Å². The van der Waals surface area contributed by atoms with Crippen LogP contribution >= 0.6 is 0 Å². The third kappa shape index (κ3) is 7.08. The second-order valence-corrected chi connectivity index (χ2v) is 7.58. The molecule has 0 aliphatic carbocycles. The van der Waals surface area contributed by atoms with Gasteiger partial charge in [0.05, 0.1) is 32.4 Å². The number of carbonyl (C=O) groups excluding carboxylic acids is 2. The maximum Gasteiger partial charge on any atom is 0.251 e. The van der Waals surface area contributed by atoms with Crippen molar-refractivity contribution in [2.75, 3.05) is 46.0 Å². The predicted octanol–water partition coefficient (Wildman–Crippen LogP) is 2.31. The van der Waals surface area contributed by atoms with Crippen molar-refractivity contribution in [3.63, 3.8) is 0 Å². The number of hydrogen-bond donors (Lipinski definition) is 2. The minimum atomic E-state index is -0.293. The molecule has 1 aliphatic heterocycles. The molecule has 31 heavy (non-hydrogen) atoms. The fourth-order valence-corrected chi connectivity index (χ4v) is 3.45. The second-order valence-electron chi connectivity index (χ2n) is 7.58. The van der Waals surface area contributed by atoms with Crippen LogP contribution in [0.25, 0.3) is 0 Å². The van der Waals surface area contributed by atoms with Gasteiger partial charge < -0.3 is 20.1 Å². The summed E-state index contributed by atoms with van der Waals surface area (Å²) >= 11 is 0. The lowest BCUT2D eigenvalue weighted by molar-refractivity contribution is -0.121. The Morgan fingerprint density at radius 3 is 2.39 bits per heavy atom. The molecule has 2 aromatic carbocycles. The molecule has 0 bridgehead atoms. The molecule has 1 saturated heterocycles. The molecule has 1 heterocycles. The summed E-state index contributed by atoms with van der Waals surface area (Å²) in [6.07, 6.45) is 0. The fraction of sp³-hybridized carbons (Fsp3) is 0.417. The molecular weight excluding hydrogens is 394 g/mol. The average molecular weight is 426 g/mol. The lowest BCUT2D eigenvalue weighted by atomic mass is 10.0. The predicted molar refractivity (Wildman–Crippen MR) is 119 cm³/mol. The van der Waals surface area contributed by atoms with E-state index in [4.69, 9.17) is 9.47 Å². The Hall–Kier alpha value is -2.90. The number of nitrogens with one attached hydrogen (secondary N) is 2. The largest absolute Gasteiger partial charge is 0.494 e. The van der Waals surface area contributed by atoms with Crippen LogP contribution in [0.2, 0.25) is 0 Å². The zero-order chi connectivity index (χ0) is 22.1. The van der Waals surface area contributed by atoms with Crippen molar-refractivity contribution < 1.29 is 19.1 Å². The van der Waals surface area contributed by atoms with Crippen LogP contribution in [-0.2, 0) is 9.53 Å². The number of amides is 2. The monoisotopic (exact) mass is 425 g/mol. The van der Waals surface area contributed by atoms with Crippen molar-refractivity contribution >= 4 is 11.8 Å².